The van der Waals surface area contributed by atoms with Crippen molar-refractivity contribution in [2.45, 2.75) is 24.9 Å². The van der Waals surface area contributed by atoms with E-state index < -0.39 is 0 Å². The monoisotopic (exact) mass is 261 g/mol. The Morgan fingerprint density at radius 2 is 2.11 bits per heavy atom. The van der Waals surface area contributed by atoms with Gasteiger partial charge < -0.3 is 10.6 Å². The molecule has 2 N–H and O–H groups in total. The zero-order valence-corrected chi connectivity index (χ0v) is 11.1. The summed E-state index contributed by atoms with van der Waals surface area (Å²) in [5, 5.41) is 0.682. The van der Waals surface area contributed by atoms with E-state index in [4.69, 9.17) is 23.8 Å². The third-order valence-electron chi connectivity index (χ3n) is 3.06. The maximum absolute atomic E-state index is 5.96. The number of rotatable bonds is 3. The molecule has 1 aliphatic rings. The predicted molar refractivity (Wildman–Crippen MR) is 75.4 cm³/mol. The number of nitrogens with two attached hydrogens (primary N) is 1. The average molecular weight is 262 g/mol. The molecule has 3 nitrogen and oxygen atoms in total. The third kappa shape index (κ3) is 2.96. The molecular formula is C14H16ClN3. The Bertz CT molecular complexity index is 483. The number of hydrogen-bond acceptors (Lipinski definition) is 1. The molecule has 1 aliphatic carbocycles. The Morgan fingerprint density at radius 3 is 2.61 bits per heavy atom. The first-order valence-corrected chi connectivity index (χ1v) is 6.27. The number of benzene rings is 1. The lowest BCUT2D eigenvalue weighted by atomic mass is 10.1. The Balaban J connectivity index is 2.16. The van der Waals surface area contributed by atoms with Gasteiger partial charge in [0, 0.05) is 18.1 Å². The van der Waals surface area contributed by atoms with Crippen molar-refractivity contribution < 1.29 is 0 Å². The number of guanidine groups is 1. The Hall–Kier alpha value is -1.66. The molecule has 4 heteroatoms. The van der Waals surface area contributed by atoms with Gasteiger partial charge in [-0.1, -0.05) is 29.7 Å². The van der Waals surface area contributed by atoms with Gasteiger partial charge in [-0.2, -0.15) is 0 Å². The van der Waals surface area contributed by atoms with Crippen LogP contribution in [0.2, 0.25) is 5.02 Å². The third-order valence-corrected chi connectivity index (χ3v) is 3.31. The normalized spacial score (nSPS) is 17.1. The molecule has 0 aromatic heterocycles. The molecule has 1 aromatic rings. The highest BCUT2D eigenvalue weighted by Crippen LogP contribution is 2.26. The van der Waals surface area contributed by atoms with E-state index in [2.05, 4.69) is 10.9 Å². The van der Waals surface area contributed by atoms with E-state index in [0.29, 0.717) is 17.0 Å². The van der Waals surface area contributed by atoms with Gasteiger partial charge in [0.2, 0.25) is 0 Å². The van der Waals surface area contributed by atoms with Crippen LogP contribution in [0.5, 0.6) is 0 Å². The predicted octanol–water partition coefficient (Wildman–Crippen LogP) is 2.42. The largest absolute Gasteiger partial charge is 0.370 e. The highest BCUT2D eigenvalue weighted by molar-refractivity contribution is 6.30. The van der Waals surface area contributed by atoms with Crippen molar-refractivity contribution in [3.8, 4) is 12.3 Å². The van der Waals surface area contributed by atoms with Gasteiger partial charge in [-0.05, 0) is 30.5 Å². The van der Waals surface area contributed by atoms with Crippen molar-refractivity contribution in [1.29, 1.82) is 0 Å². The van der Waals surface area contributed by atoms with Crippen LogP contribution in [0, 0.1) is 12.3 Å². The highest BCUT2D eigenvalue weighted by Gasteiger charge is 2.27. The van der Waals surface area contributed by atoms with Gasteiger partial charge in [-0.15, -0.1) is 6.42 Å². The lowest BCUT2D eigenvalue weighted by Crippen LogP contribution is -2.36. The van der Waals surface area contributed by atoms with Gasteiger partial charge in [0.05, 0.1) is 0 Å². The SMILES string of the molecule is C#CC(N=C(N)N(C)C1CC1)c1ccc(Cl)cc1. The second-order valence-corrected chi connectivity index (χ2v) is 4.89. The summed E-state index contributed by atoms with van der Waals surface area (Å²) in [5.41, 5.74) is 6.88. The molecule has 0 heterocycles. The molecule has 0 radical (unpaired) electrons. The van der Waals surface area contributed by atoms with Crippen LogP contribution in [0.1, 0.15) is 24.4 Å². The molecule has 1 unspecified atom stereocenters. The van der Waals surface area contributed by atoms with E-state index in [-0.39, 0.29) is 6.04 Å². The molecule has 18 heavy (non-hydrogen) atoms. The quantitative estimate of drug-likeness (QED) is 0.516. The van der Waals surface area contributed by atoms with Crippen molar-refractivity contribution in [3.05, 3.63) is 34.9 Å². The fourth-order valence-corrected chi connectivity index (χ4v) is 1.85. The minimum absolute atomic E-state index is 0.358. The van der Waals surface area contributed by atoms with Crippen molar-refractivity contribution in [1.82, 2.24) is 4.90 Å². The zero-order valence-electron chi connectivity index (χ0n) is 10.3. The maximum Gasteiger partial charge on any atom is 0.192 e. The fourth-order valence-electron chi connectivity index (χ4n) is 1.73. The van der Waals surface area contributed by atoms with Crippen LogP contribution in [0.15, 0.2) is 29.3 Å². The summed E-state index contributed by atoms with van der Waals surface area (Å²) in [7, 11) is 1.95. The molecule has 1 aromatic carbocycles. The van der Waals surface area contributed by atoms with Gasteiger partial charge in [0.1, 0.15) is 6.04 Å². The molecule has 0 spiro atoms. The van der Waals surface area contributed by atoms with Crippen LogP contribution < -0.4 is 5.73 Å². The smallest absolute Gasteiger partial charge is 0.192 e. The van der Waals surface area contributed by atoms with Gasteiger partial charge >= 0.3 is 0 Å². The van der Waals surface area contributed by atoms with Crippen molar-refractivity contribution in [2.75, 3.05) is 7.05 Å². The highest BCUT2D eigenvalue weighted by atomic mass is 35.5. The standard InChI is InChI=1S/C14H16ClN3/c1-3-13(10-4-6-11(15)7-5-10)17-14(16)18(2)12-8-9-12/h1,4-7,12-13H,8-9H2,2H3,(H2,16,17). The van der Waals surface area contributed by atoms with Crippen LogP contribution >= 0.6 is 11.6 Å². The first kappa shape index (κ1) is 12.8. The van der Waals surface area contributed by atoms with E-state index in [1.165, 1.54) is 12.8 Å². The number of hydrogen-bond donors (Lipinski definition) is 1. The summed E-state index contributed by atoms with van der Waals surface area (Å²) >= 11 is 5.85. The topological polar surface area (TPSA) is 41.6 Å². The van der Waals surface area contributed by atoms with E-state index in [9.17, 15) is 0 Å². The molecule has 0 amide bonds. The molecule has 1 saturated carbocycles. The van der Waals surface area contributed by atoms with Crippen LogP contribution in [0.25, 0.3) is 0 Å². The maximum atomic E-state index is 5.96. The fraction of sp³-hybridized carbons (Fsp3) is 0.357. The Labute approximate surface area is 113 Å². The molecular weight excluding hydrogens is 246 g/mol. The summed E-state index contributed by atoms with van der Waals surface area (Å²) in [6, 6.07) is 7.53. The first-order chi connectivity index (χ1) is 8.61. The van der Waals surface area contributed by atoms with Crippen molar-refractivity contribution in [3.63, 3.8) is 0 Å². The molecule has 0 aliphatic heterocycles. The number of halogens is 1. The lowest BCUT2D eigenvalue weighted by molar-refractivity contribution is 0.486. The van der Waals surface area contributed by atoms with Crippen molar-refractivity contribution in [2.24, 2.45) is 10.7 Å². The van der Waals surface area contributed by atoms with E-state index in [0.717, 1.165) is 5.56 Å². The summed E-state index contributed by atoms with van der Waals surface area (Å²) in [4.78, 5) is 6.38. The lowest BCUT2D eigenvalue weighted by Gasteiger charge is -2.18. The summed E-state index contributed by atoms with van der Waals surface area (Å²) in [6.45, 7) is 0. The minimum atomic E-state index is -0.358. The van der Waals surface area contributed by atoms with Gasteiger partial charge in [-0.25, -0.2) is 4.99 Å². The molecule has 94 valence electrons. The van der Waals surface area contributed by atoms with E-state index >= 15 is 0 Å². The Morgan fingerprint density at radius 1 is 1.50 bits per heavy atom. The number of aliphatic imine (C=N–C) groups is 1. The molecule has 0 bridgehead atoms. The van der Waals surface area contributed by atoms with E-state index in [1.54, 1.807) is 12.1 Å². The van der Waals surface area contributed by atoms with Gasteiger partial charge in [0.25, 0.3) is 0 Å². The van der Waals surface area contributed by atoms with Crippen LogP contribution in [0.3, 0.4) is 0 Å². The second kappa shape index (κ2) is 5.32. The zero-order chi connectivity index (χ0) is 13.1. The van der Waals surface area contributed by atoms with Crippen LogP contribution in [0.4, 0.5) is 0 Å². The number of nitrogens with zero attached hydrogens (tertiary/aromatic N) is 2. The summed E-state index contributed by atoms with van der Waals surface area (Å²) < 4.78 is 0. The van der Waals surface area contributed by atoms with Crippen molar-refractivity contribution >= 4 is 17.6 Å². The number of terminal acetylenes is 1. The minimum Gasteiger partial charge on any atom is -0.370 e. The van der Waals surface area contributed by atoms with Gasteiger partial charge in [0.15, 0.2) is 5.96 Å². The molecule has 1 fully saturated rings. The molecule has 1 atom stereocenters. The summed E-state index contributed by atoms with van der Waals surface area (Å²) in [6.07, 6.45) is 7.87. The van der Waals surface area contributed by atoms with Crippen LogP contribution in [-0.2, 0) is 0 Å². The summed E-state index contributed by atoms with van der Waals surface area (Å²) in [5.74, 6) is 3.14. The average Bonchev–Trinajstić information content (AvgIpc) is 3.20. The Kier molecular flexibility index (Phi) is 3.78. The second-order valence-electron chi connectivity index (χ2n) is 4.45. The molecule has 0 saturated heterocycles. The van der Waals surface area contributed by atoms with Crippen LogP contribution in [-0.4, -0.2) is 23.9 Å². The molecule has 2 rings (SSSR count). The van der Waals surface area contributed by atoms with E-state index in [1.807, 2.05) is 24.1 Å². The first-order valence-electron chi connectivity index (χ1n) is 5.89. The van der Waals surface area contributed by atoms with Gasteiger partial charge in [-0.3, -0.25) is 0 Å².